The van der Waals surface area contributed by atoms with E-state index in [9.17, 15) is 0 Å². The molecule has 0 heteroatoms. The number of hydrogen-bond donors (Lipinski definition) is 0. The minimum absolute atomic E-state index is 0.767. The Balaban J connectivity index is 1.34. The lowest BCUT2D eigenvalue weighted by Crippen LogP contribution is -2.42. The molecule has 0 nitrogen and oxygen atoms in total. The Morgan fingerprint density at radius 2 is 1.27 bits per heavy atom. The molecule has 0 aromatic heterocycles. The molecule has 0 radical (unpaired) electrons. The van der Waals surface area contributed by atoms with Crippen LogP contribution in [0.2, 0.25) is 0 Å². The Morgan fingerprint density at radius 1 is 0.654 bits per heavy atom. The van der Waals surface area contributed by atoms with Crippen LogP contribution in [0.4, 0.5) is 0 Å². The summed E-state index contributed by atoms with van der Waals surface area (Å²) >= 11 is 0. The van der Waals surface area contributed by atoms with Crippen LogP contribution in [0.1, 0.15) is 102 Å². The van der Waals surface area contributed by atoms with E-state index in [0.29, 0.717) is 0 Å². The second-order valence-electron chi connectivity index (χ2n) is 9.87. The van der Waals surface area contributed by atoms with Crippen LogP contribution in [-0.4, -0.2) is 0 Å². The van der Waals surface area contributed by atoms with Gasteiger partial charge in [-0.2, -0.15) is 0 Å². The van der Waals surface area contributed by atoms with Gasteiger partial charge in [-0.1, -0.05) is 81.7 Å². The third-order valence-corrected chi connectivity index (χ3v) is 8.55. The standard InChI is InChI=1S/C26H40/c1-4-10-22(11-5-1)14-15-23-16-18-25(19-17-23)26(20-8-3-9-21-26)24-12-6-2-7-13-24/h1,4-5,10-11,23-25H,2-3,6-9,12-21H2. The van der Waals surface area contributed by atoms with Crippen molar-refractivity contribution < 1.29 is 0 Å². The number of rotatable bonds is 5. The van der Waals surface area contributed by atoms with Crippen LogP contribution in [-0.2, 0) is 6.42 Å². The lowest BCUT2D eigenvalue weighted by molar-refractivity contribution is -0.0193. The largest absolute Gasteiger partial charge is 0.0622 e. The van der Waals surface area contributed by atoms with E-state index in [1.807, 2.05) is 0 Å². The molecule has 3 fully saturated rings. The molecule has 0 spiro atoms. The molecule has 0 heterocycles. The van der Waals surface area contributed by atoms with E-state index in [2.05, 4.69) is 30.3 Å². The predicted molar refractivity (Wildman–Crippen MR) is 112 cm³/mol. The van der Waals surface area contributed by atoms with Crippen LogP contribution in [0.5, 0.6) is 0 Å². The first-order valence-electron chi connectivity index (χ1n) is 11.9. The highest BCUT2D eigenvalue weighted by molar-refractivity contribution is 5.14. The minimum Gasteiger partial charge on any atom is -0.0622 e. The molecule has 1 aromatic rings. The second kappa shape index (κ2) is 8.94. The summed E-state index contributed by atoms with van der Waals surface area (Å²) in [5.74, 6) is 3.15. The molecular weight excluding hydrogens is 312 g/mol. The molecule has 0 unspecified atom stereocenters. The van der Waals surface area contributed by atoms with Crippen LogP contribution in [0, 0.1) is 23.2 Å². The van der Waals surface area contributed by atoms with Gasteiger partial charge in [-0.25, -0.2) is 0 Å². The van der Waals surface area contributed by atoms with Crippen molar-refractivity contribution in [2.24, 2.45) is 23.2 Å². The van der Waals surface area contributed by atoms with E-state index < -0.39 is 0 Å². The smallest absolute Gasteiger partial charge is 0.0241 e. The summed E-state index contributed by atoms with van der Waals surface area (Å²) in [4.78, 5) is 0. The van der Waals surface area contributed by atoms with Gasteiger partial charge in [0.25, 0.3) is 0 Å². The van der Waals surface area contributed by atoms with Gasteiger partial charge in [0.1, 0.15) is 0 Å². The van der Waals surface area contributed by atoms with E-state index >= 15 is 0 Å². The molecule has 3 saturated carbocycles. The predicted octanol–water partition coefficient (Wildman–Crippen LogP) is 7.96. The Morgan fingerprint density at radius 3 is 1.96 bits per heavy atom. The zero-order valence-electron chi connectivity index (χ0n) is 16.9. The Hall–Kier alpha value is -0.780. The summed E-state index contributed by atoms with van der Waals surface area (Å²) < 4.78 is 0. The normalized spacial score (nSPS) is 30.2. The van der Waals surface area contributed by atoms with Gasteiger partial charge in [-0.15, -0.1) is 0 Å². The quantitative estimate of drug-likeness (QED) is 0.504. The molecule has 0 aliphatic heterocycles. The van der Waals surface area contributed by atoms with Crippen molar-refractivity contribution in [2.45, 2.75) is 103 Å². The third kappa shape index (κ3) is 4.20. The first-order valence-corrected chi connectivity index (χ1v) is 11.9. The average Bonchev–Trinajstić information content (AvgIpc) is 2.74. The maximum absolute atomic E-state index is 2.31. The van der Waals surface area contributed by atoms with Gasteiger partial charge in [0, 0.05) is 0 Å². The van der Waals surface area contributed by atoms with Crippen molar-refractivity contribution in [1.82, 2.24) is 0 Å². The van der Waals surface area contributed by atoms with Gasteiger partial charge in [0.05, 0.1) is 0 Å². The zero-order chi connectivity index (χ0) is 17.7. The van der Waals surface area contributed by atoms with Crippen LogP contribution in [0.25, 0.3) is 0 Å². The minimum atomic E-state index is 0.767. The average molecular weight is 353 g/mol. The lowest BCUT2D eigenvalue weighted by atomic mass is 9.53. The van der Waals surface area contributed by atoms with Gasteiger partial charge in [-0.05, 0) is 80.1 Å². The van der Waals surface area contributed by atoms with Crippen LogP contribution in [0.15, 0.2) is 30.3 Å². The van der Waals surface area contributed by atoms with Gasteiger partial charge < -0.3 is 0 Å². The fourth-order valence-electron chi connectivity index (χ4n) is 7.08. The summed E-state index contributed by atoms with van der Waals surface area (Å²) in [6, 6.07) is 11.2. The number of benzene rings is 1. The highest BCUT2D eigenvalue weighted by Crippen LogP contribution is 2.57. The first kappa shape index (κ1) is 18.6. The summed E-state index contributed by atoms with van der Waals surface area (Å²) in [5.41, 5.74) is 2.31. The molecule has 144 valence electrons. The Kier molecular flexibility index (Phi) is 6.39. The second-order valence-corrected chi connectivity index (χ2v) is 9.87. The fraction of sp³-hybridized carbons (Fsp3) is 0.769. The van der Waals surface area contributed by atoms with E-state index in [-0.39, 0.29) is 0 Å². The SMILES string of the molecule is c1ccc(CCC2CCC(C3(C4CCCCC4)CCCCC3)CC2)cc1. The molecule has 3 aliphatic rings. The van der Waals surface area contributed by atoms with Crippen molar-refractivity contribution >= 4 is 0 Å². The molecule has 0 N–H and O–H groups in total. The topological polar surface area (TPSA) is 0 Å². The van der Waals surface area contributed by atoms with E-state index in [0.717, 1.165) is 23.2 Å². The maximum atomic E-state index is 2.31. The van der Waals surface area contributed by atoms with E-state index in [1.165, 1.54) is 64.2 Å². The molecule has 1 aromatic carbocycles. The summed E-state index contributed by atoms with van der Waals surface area (Å²) in [6.07, 6.45) is 24.3. The van der Waals surface area contributed by atoms with Crippen LogP contribution >= 0.6 is 0 Å². The highest BCUT2D eigenvalue weighted by atomic mass is 14.5. The summed E-state index contributed by atoms with van der Waals surface area (Å²) in [7, 11) is 0. The Bertz CT molecular complexity index is 510. The molecule has 4 rings (SSSR count). The van der Waals surface area contributed by atoms with Crippen molar-refractivity contribution in [3.8, 4) is 0 Å². The molecule has 0 atom stereocenters. The monoisotopic (exact) mass is 352 g/mol. The van der Waals surface area contributed by atoms with Crippen molar-refractivity contribution in [1.29, 1.82) is 0 Å². The first-order chi connectivity index (χ1) is 12.9. The lowest BCUT2D eigenvalue weighted by Gasteiger charge is -2.52. The van der Waals surface area contributed by atoms with Gasteiger partial charge in [0.15, 0.2) is 0 Å². The maximum Gasteiger partial charge on any atom is -0.0241 e. The fourth-order valence-corrected chi connectivity index (χ4v) is 7.08. The molecule has 0 bridgehead atoms. The van der Waals surface area contributed by atoms with E-state index in [4.69, 9.17) is 0 Å². The summed E-state index contributed by atoms with van der Waals surface area (Å²) in [5, 5.41) is 0. The number of aryl methyl sites for hydroxylation is 1. The van der Waals surface area contributed by atoms with Gasteiger partial charge in [0.2, 0.25) is 0 Å². The molecule has 0 amide bonds. The Labute approximate surface area is 162 Å². The van der Waals surface area contributed by atoms with Crippen molar-refractivity contribution in [3.05, 3.63) is 35.9 Å². The molecule has 3 aliphatic carbocycles. The highest BCUT2D eigenvalue weighted by Gasteiger charge is 2.46. The zero-order valence-corrected chi connectivity index (χ0v) is 16.9. The molecule has 0 saturated heterocycles. The van der Waals surface area contributed by atoms with Crippen LogP contribution in [0.3, 0.4) is 0 Å². The molecule has 26 heavy (non-hydrogen) atoms. The third-order valence-electron chi connectivity index (χ3n) is 8.55. The van der Waals surface area contributed by atoms with E-state index in [1.54, 1.807) is 44.1 Å². The summed E-state index contributed by atoms with van der Waals surface area (Å²) in [6.45, 7) is 0. The van der Waals surface area contributed by atoms with Crippen molar-refractivity contribution in [3.63, 3.8) is 0 Å². The van der Waals surface area contributed by atoms with Gasteiger partial charge in [-0.3, -0.25) is 0 Å². The molecular formula is C26H40. The van der Waals surface area contributed by atoms with Crippen molar-refractivity contribution in [2.75, 3.05) is 0 Å². The van der Waals surface area contributed by atoms with Crippen LogP contribution < -0.4 is 0 Å². The number of hydrogen-bond acceptors (Lipinski definition) is 0. The van der Waals surface area contributed by atoms with Gasteiger partial charge >= 0.3 is 0 Å².